The standard InChI is InChI=1S/C19H17N3O2S/c23-18(14-8-4-5-9-17(14)25)21-11-10-16-15(12-21)19(24)22(20-16)13-6-2-1-3-7-13/h1-9,20,25H,10-12H2. The third kappa shape index (κ3) is 2.78. The molecule has 0 saturated heterocycles. The van der Waals surface area contributed by atoms with Gasteiger partial charge in [-0.25, -0.2) is 4.68 Å². The van der Waals surface area contributed by atoms with Gasteiger partial charge in [0.15, 0.2) is 0 Å². The maximum Gasteiger partial charge on any atom is 0.276 e. The van der Waals surface area contributed by atoms with Crippen molar-refractivity contribution in [3.05, 3.63) is 81.8 Å². The van der Waals surface area contributed by atoms with Gasteiger partial charge in [-0.3, -0.25) is 14.7 Å². The minimum absolute atomic E-state index is 0.0943. The number of rotatable bonds is 2. The average molecular weight is 351 g/mol. The number of carbonyl (C=O) groups excluding carboxylic acids is 1. The number of para-hydroxylation sites is 1. The molecule has 6 heteroatoms. The largest absolute Gasteiger partial charge is 0.334 e. The topological polar surface area (TPSA) is 58.1 Å². The molecule has 0 bridgehead atoms. The Morgan fingerprint density at radius 3 is 2.52 bits per heavy atom. The van der Waals surface area contributed by atoms with Crippen molar-refractivity contribution in [3.63, 3.8) is 0 Å². The first kappa shape index (κ1) is 15.8. The summed E-state index contributed by atoms with van der Waals surface area (Å²) in [4.78, 5) is 27.9. The van der Waals surface area contributed by atoms with Gasteiger partial charge in [0.05, 0.1) is 23.4 Å². The number of aromatic amines is 1. The molecule has 0 aliphatic carbocycles. The van der Waals surface area contributed by atoms with E-state index in [2.05, 4.69) is 17.7 Å². The summed E-state index contributed by atoms with van der Waals surface area (Å²) < 4.78 is 1.55. The van der Waals surface area contributed by atoms with Crippen molar-refractivity contribution in [1.29, 1.82) is 0 Å². The van der Waals surface area contributed by atoms with Crippen molar-refractivity contribution in [2.24, 2.45) is 0 Å². The molecule has 2 heterocycles. The fraction of sp³-hybridized carbons (Fsp3) is 0.158. The lowest BCUT2D eigenvalue weighted by Crippen LogP contribution is -2.37. The molecule has 5 nitrogen and oxygen atoms in total. The molecule has 0 fully saturated rings. The van der Waals surface area contributed by atoms with Gasteiger partial charge in [-0.1, -0.05) is 30.3 Å². The summed E-state index contributed by atoms with van der Waals surface area (Å²) in [6.45, 7) is 0.883. The van der Waals surface area contributed by atoms with Crippen LogP contribution in [0.15, 0.2) is 64.3 Å². The third-order valence-corrected chi connectivity index (χ3v) is 4.88. The molecule has 1 N–H and O–H groups in total. The molecule has 0 atom stereocenters. The van der Waals surface area contributed by atoms with Crippen molar-refractivity contribution in [1.82, 2.24) is 14.7 Å². The summed E-state index contributed by atoms with van der Waals surface area (Å²) in [6.07, 6.45) is 0.630. The van der Waals surface area contributed by atoms with E-state index in [0.717, 1.165) is 11.4 Å². The smallest absolute Gasteiger partial charge is 0.276 e. The summed E-state index contributed by atoms with van der Waals surface area (Å²) in [5, 5.41) is 3.18. The second-order valence-electron chi connectivity index (χ2n) is 6.04. The van der Waals surface area contributed by atoms with E-state index in [0.29, 0.717) is 35.5 Å². The highest BCUT2D eigenvalue weighted by molar-refractivity contribution is 7.80. The minimum atomic E-state index is -0.0992. The molecule has 1 aliphatic heterocycles. The van der Waals surface area contributed by atoms with Gasteiger partial charge in [0, 0.05) is 23.6 Å². The summed E-state index contributed by atoms with van der Waals surface area (Å²) in [5.41, 5.74) is 2.81. The minimum Gasteiger partial charge on any atom is -0.334 e. The number of thiol groups is 1. The zero-order valence-corrected chi connectivity index (χ0v) is 14.4. The zero-order valence-electron chi connectivity index (χ0n) is 13.5. The highest BCUT2D eigenvalue weighted by Gasteiger charge is 2.27. The van der Waals surface area contributed by atoms with Gasteiger partial charge >= 0.3 is 0 Å². The van der Waals surface area contributed by atoms with Crippen molar-refractivity contribution < 1.29 is 4.79 Å². The predicted octanol–water partition coefficient (Wildman–Crippen LogP) is 2.65. The molecule has 0 spiro atoms. The number of aromatic nitrogens is 2. The molecular weight excluding hydrogens is 334 g/mol. The summed E-state index contributed by atoms with van der Waals surface area (Å²) in [6, 6.07) is 16.7. The van der Waals surface area contributed by atoms with Gasteiger partial charge < -0.3 is 4.90 Å². The molecule has 3 aromatic rings. The molecule has 0 radical (unpaired) electrons. The van der Waals surface area contributed by atoms with Crippen molar-refractivity contribution in [2.75, 3.05) is 6.54 Å². The van der Waals surface area contributed by atoms with Crippen molar-refractivity contribution in [2.45, 2.75) is 17.9 Å². The lowest BCUT2D eigenvalue weighted by atomic mass is 10.1. The molecule has 1 aliphatic rings. The van der Waals surface area contributed by atoms with Gasteiger partial charge in [0.2, 0.25) is 0 Å². The number of fused-ring (bicyclic) bond motifs is 1. The van der Waals surface area contributed by atoms with Crippen molar-refractivity contribution in [3.8, 4) is 5.69 Å². The Labute approximate surface area is 150 Å². The monoisotopic (exact) mass is 351 g/mol. The van der Waals surface area contributed by atoms with Crippen LogP contribution in [0.1, 0.15) is 21.6 Å². The fourth-order valence-electron chi connectivity index (χ4n) is 3.16. The number of hydrogen-bond acceptors (Lipinski definition) is 3. The fourth-order valence-corrected chi connectivity index (χ4v) is 3.42. The van der Waals surface area contributed by atoms with E-state index in [1.807, 2.05) is 42.5 Å². The van der Waals surface area contributed by atoms with E-state index >= 15 is 0 Å². The Bertz CT molecular complexity index is 991. The second kappa shape index (κ2) is 6.29. The summed E-state index contributed by atoms with van der Waals surface area (Å²) >= 11 is 4.36. The van der Waals surface area contributed by atoms with E-state index in [1.54, 1.807) is 21.7 Å². The van der Waals surface area contributed by atoms with E-state index in [-0.39, 0.29) is 11.5 Å². The molecule has 4 rings (SSSR count). The van der Waals surface area contributed by atoms with Gasteiger partial charge in [0.1, 0.15) is 0 Å². The van der Waals surface area contributed by atoms with Crippen LogP contribution < -0.4 is 5.56 Å². The number of carbonyl (C=O) groups is 1. The Morgan fingerprint density at radius 2 is 1.76 bits per heavy atom. The third-order valence-electron chi connectivity index (χ3n) is 4.49. The van der Waals surface area contributed by atoms with Crippen LogP contribution in [0, 0.1) is 0 Å². The van der Waals surface area contributed by atoms with E-state index < -0.39 is 0 Å². The molecule has 0 unspecified atom stereocenters. The Hall–Kier alpha value is -2.73. The summed E-state index contributed by atoms with van der Waals surface area (Å²) in [7, 11) is 0. The number of nitrogens with zero attached hydrogens (tertiary/aromatic N) is 2. The number of benzene rings is 2. The normalized spacial score (nSPS) is 13.6. The lowest BCUT2D eigenvalue weighted by molar-refractivity contribution is 0.0730. The van der Waals surface area contributed by atoms with Crippen LogP contribution in [0.2, 0.25) is 0 Å². The molecule has 25 heavy (non-hydrogen) atoms. The predicted molar refractivity (Wildman–Crippen MR) is 98.5 cm³/mol. The Balaban J connectivity index is 1.66. The number of nitrogens with one attached hydrogen (secondary N) is 1. The van der Waals surface area contributed by atoms with Crippen LogP contribution in [0.5, 0.6) is 0 Å². The van der Waals surface area contributed by atoms with Crippen molar-refractivity contribution >= 4 is 18.5 Å². The van der Waals surface area contributed by atoms with Gasteiger partial charge in [0.25, 0.3) is 11.5 Å². The highest BCUT2D eigenvalue weighted by Crippen LogP contribution is 2.21. The lowest BCUT2D eigenvalue weighted by Gasteiger charge is -2.26. The molecule has 0 saturated carbocycles. The average Bonchev–Trinajstić information content (AvgIpc) is 2.98. The molecule has 1 aromatic heterocycles. The van der Waals surface area contributed by atoms with Crippen LogP contribution in [-0.2, 0) is 13.0 Å². The Kier molecular flexibility index (Phi) is 3.97. The number of H-pyrrole nitrogens is 1. The van der Waals surface area contributed by atoms with E-state index in [9.17, 15) is 9.59 Å². The zero-order chi connectivity index (χ0) is 17.4. The van der Waals surface area contributed by atoms with Crippen LogP contribution in [0.3, 0.4) is 0 Å². The van der Waals surface area contributed by atoms with Crippen LogP contribution in [0.4, 0.5) is 0 Å². The second-order valence-corrected chi connectivity index (χ2v) is 6.52. The Morgan fingerprint density at radius 1 is 1.04 bits per heavy atom. The maximum atomic E-state index is 12.8. The first-order valence-electron chi connectivity index (χ1n) is 8.10. The molecular formula is C19H17N3O2S. The molecule has 1 amide bonds. The van der Waals surface area contributed by atoms with E-state index in [4.69, 9.17) is 0 Å². The quantitative estimate of drug-likeness (QED) is 0.698. The van der Waals surface area contributed by atoms with Gasteiger partial charge in [-0.05, 0) is 24.3 Å². The first-order valence-corrected chi connectivity index (χ1v) is 8.55. The first-order chi connectivity index (χ1) is 12.1. The van der Waals surface area contributed by atoms with E-state index in [1.165, 1.54) is 0 Å². The van der Waals surface area contributed by atoms with Gasteiger partial charge in [-0.15, -0.1) is 12.6 Å². The SMILES string of the molecule is O=C(c1ccccc1S)N1CCc2[nH]n(-c3ccccc3)c(=O)c2C1. The number of amides is 1. The maximum absolute atomic E-state index is 12.8. The van der Waals surface area contributed by atoms with Crippen LogP contribution >= 0.6 is 12.6 Å². The molecule has 2 aromatic carbocycles. The van der Waals surface area contributed by atoms with Crippen LogP contribution in [-0.4, -0.2) is 27.1 Å². The molecule has 126 valence electrons. The highest BCUT2D eigenvalue weighted by atomic mass is 32.1. The van der Waals surface area contributed by atoms with Gasteiger partial charge in [-0.2, -0.15) is 0 Å². The van der Waals surface area contributed by atoms with Crippen LogP contribution in [0.25, 0.3) is 5.69 Å². The summed E-state index contributed by atoms with van der Waals surface area (Å²) in [5.74, 6) is -0.0943. The number of hydrogen-bond donors (Lipinski definition) is 2.